The second-order valence-electron chi connectivity index (χ2n) is 4.91. The van der Waals surface area contributed by atoms with Crippen molar-refractivity contribution in [1.82, 2.24) is 10.2 Å². The molecule has 1 rings (SSSR count). The van der Waals surface area contributed by atoms with Crippen LogP contribution in [0.2, 0.25) is 0 Å². The quantitative estimate of drug-likeness (QED) is 0.674. The Morgan fingerprint density at radius 1 is 1.20 bits per heavy atom. The van der Waals surface area contributed by atoms with Gasteiger partial charge in [-0.1, -0.05) is 0 Å². The maximum Gasteiger partial charge on any atom is 0.221 e. The minimum Gasteiger partial charge on any atom is -0.497 e. The van der Waals surface area contributed by atoms with Crippen molar-refractivity contribution in [2.75, 3.05) is 46.2 Å². The fraction of sp³-hybridized carbons (Fsp3) is 0.533. The van der Waals surface area contributed by atoms with Gasteiger partial charge in [0.15, 0.2) is 0 Å². The van der Waals surface area contributed by atoms with Crippen molar-refractivity contribution in [3.63, 3.8) is 0 Å². The minimum atomic E-state index is 0.0877. The zero-order valence-electron chi connectivity index (χ0n) is 12.6. The van der Waals surface area contributed by atoms with Crippen LogP contribution >= 0.6 is 0 Å². The number of ether oxygens (including phenoxy) is 1. The topological polar surface area (TPSA) is 53.6 Å². The summed E-state index contributed by atoms with van der Waals surface area (Å²) in [6, 6.07) is 7.66. The van der Waals surface area contributed by atoms with Crippen LogP contribution in [0.1, 0.15) is 12.8 Å². The Morgan fingerprint density at radius 3 is 2.50 bits per heavy atom. The zero-order chi connectivity index (χ0) is 14.8. The number of hydrogen-bond acceptors (Lipinski definition) is 4. The molecule has 0 spiro atoms. The molecule has 0 unspecified atom stereocenters. The van der Waals surface area contributed by atoms with Gasteiger partial charge in [-0.05, 0) is 51.3 Å². The number of nitrogens with one attached hydrogen (secondary N) is 2. The van der Waals surface area contributed by atoms with Gasteiger partial charge in [-0.3, -0.25) is 4.79 Å². The molecule has 1 aromatic carbocycles. The second-order valence-corrected chi connectivity index (χ2v) is 4.91. The van der Waals surface area contributed by atoms with E-state index in [2.05, 4.69) is 15.5 Å². The standard InChI is InChI=1S/C15H25N3O2/c1-18(2)12-4-10-17-15(19)9-11-16-13-5-7-14(20-3)8-6-13/h5-8,16H,4,9-12H2,1-3H3,(H,17,19). The molecule has 0 saturated heterocycles. The van der Waals surface area contributed by atoms with Crippen LogP contribution in [0.15, 0.2) is 24.3 Å². The number of nitrogens with zero attached hydrogens (tertiary/aromatic N) is 1. The van der Waals surface area contributed by atoms with Gasteiger partial charge in [0, 0.05) is 25.2 Å². The third-order valence-electron chi connectivity index (χ3n) is 2.88. The van der Waals surface area contributed by atoms with Gasteiger partial charge < -0.3 is 20.3 Å². The van der Waals surface area contributed by atoms with Crippen molar-refractivity contribution >= 4 is 11.6 Å². The highest BCUT2D eigenvalue weighted by Gasteiger charge is 2.01. The van der Waals surface area contributed by atoms with Crippen molar-refractivity contribution in [2.45, 2.75) is 12.8 Å². The smallest absolute Gasteiger partial charge is 0.221 e. The van der Waals surface area contributed by atoms with E-state index < -0.39 is 0 Å². The van der Waals surface area contributed by atoms with Crippen LogP contribution in [-0.2, 0) is 4.79 Å². The van der Waals surface area contributed by atoms with Crippen LogP contribution in [0, 0.1) is 0 Å². The van der Waals surface area contributed by atoms with Crippen molar-refractivity contribution in [1.29, 1.82) is 0 Å². The molecule has 5 nitrogen and oxygen atoms in total. The van der Waals surface area contributed by atoms with E-state index in [4.69, 9.17) is 4.74 Å². The number of carbonyl (C=O) groups excluding carboxylic acids is 1. The molecule has 0 radical (unpaired) electrons. The first-order valence-electron chi connectivity index (χ1n) is 6.91. The fourth-order valence-corrected chi connectivity index (χ4v) is 1.74. The molecule has 5 heteroatoms. The van der Waals surface area contributed by atoms with Crippen LogP contribution in [-0.4, -0.2) is 51.6 Å². The number of carbonyl (C=O) groups is 1. The zero-order valence-corrected chi connectivity index (χ0v) is 12.6. The first-order valence-corrected chi connectivity index (χ1v) is 6.91. The summed E-state index contributed by atoms with van der Waals surface area (Å²) in [6.07, 6.45) is 1.46. The maximum absolute atomic E-state index is 11.6. The molecule has 0 aliphatic heterocycles. The predicted octanol–water partition coefficient (Wildman–Crippen LogP) is 1.57. The van der Waals surface area contributed by atoms with Gasteiger partial charge in [-0.15, -0.1) is 0 Å². The van der Waals surface area contributed by atoms with Gasteiger partial charge in [0.2, 0.25) is 5.91 Å². The Hall–Kier alpha value is -1.75. The molecule has 0 saturated carbocycles. The van der Waals surface area contributed by atoms with E-state index in [9.17, 15) is 4.79 Å². The highest BCUT2D eigenvalue weighted by molar-refractivity contribution is 5.76. The van der Waals surface area contributed by atoms with Crippen LogP contribution in [0.25, 0.3) is 0 Å². The number of anilines is 1. The molecule has 0 bridgehead atoms. The minimum absolute atomic E-state index is 0.0877. The molecule has 2 N–H and O–H groups in total. The summed E-state index contributed by atoms with van der Waals surface area (Å²) in [5.74, 6) is 0.916. The van der Waals surface area contributed by atoms with Crippen LogP contribution in [0.4, 0.5) is 5.69 Å². The molecule has 1 amide bonds. The van der Waals surface area contributed by atoms with E-state index in [1.54, 1.807) is 7.11 Å². The van der Waals surface area contributed by atoms with Crippen molar-refractivity contribution in [2.24, 2.45) is 0 Å². The molecule has 0 atom stereocenters. The normalized spacial score (nSPS) is 10.4. The molecule has 0 aromatic heterocycles. The summed E-state index contributed by atoms with van der Waals surface area (Å²) in [7, 11) is 5.70. The van der Waals surface area contributed by atoms with Gasteiger partial charge in [-0.25, -0.2) is 0 Å². The monoisotopic (exact) mass is 279 g/mol. The van der Waals surface area contributed by atoms with Crippen LogP contribution in [0.5, 0.6) is 5.75 Å². The molecule has 112 valence electrons. The summed E-state index contributed by atoms with van der Waals surface area (Å²) in [5.41, 5.74) is 0.992. The van der Waals surface area contributed by atoms with Gasteiger partial charge in [0.1, 0.15) is 5.75 Å². The third-order valence-corrected chi connectivity index (χ3v) is 2.88. The lowest BCUT2D eigenvalue weighted by atomic mass is 10.3. The number of benzene rings is 1. The average Bonchev–Trinajstić information content (AvgIpc) is 2.44. The first-order chi connectivity index (χ1) is 9.61. The summed E-state index contributed by atoms with van der Waals surface area (Å²) in [5, 5.41) is 6.13. The summed E-state index contributed by atoms with van der Waals surface area (Å²) >= 11 is 0. The van der Waals surface area contributed by atoms with E-state index in [1.807, 2.05) is 38.4 Å². The Morgan fingerprint density at radius 2 is 1.90 bits per heavy atom. The van der Waals surface area contributed by atoms with Crippen molar-refractivity contribution in [3.8, 4) is 5.75 Å². The second kappa shape index (κ2) is 9.20. The maximum atomic E-state index is 11.6. The summed E-state index contributed by atoms with van der Waals surface area (Å²) < 4.78 is 5.09. The lowest BCUT2D eigenvalue weighted by Crippen LogP contribution is -2.28. The highest BCUT2D eigenvalue weighted by Crippen LogP contribution is 2.14. The number of amides is 1. The Balaban J connectivity index is 2.11. The molecule has 0 aliphatic carbocycles. The molecular weight excluding hydrogens is 254 g/mol. The van der Waals surface area contributed by atoms with Crippen molar-refractivity contribution < 1.29 is 9.53 Å². The molecular formula is C15H25N3O2. The number of methoxy groups -OCH3 is 1. The van der Waals surface area contributed by atoms with Crippen molar-refractivity contribution in [3.05, 3.63) is 24.3 Å². The van der Waals surface area contributed by atoms with E-state index in [1.165, 1.54) is 0 Å². The molecule has 20 heavy (non-hydrogen) atoms. The molecule has 0 fully saturated rings. The summed E-state index contributed by atoms with van der Waals surface area (Å²) in [4.78, 5) is 13.7. The number of rotatable bonds is 9. The van der Waals surface area contributed by atoms with Gasteiger partial charge in [0.25, 0.3) is 0 Å². The predicted molar refractivity (Wildman–Crippen MR) is 82.3 cm³/mol. The summed E-state index contributed by atoms with van der Waals surface area (Å²) in [6.45, 7) is 2.36. The highest BCUT2D eigenvalue weighted by atomic mass is 16.5. The Bertz CT molecular complexity index is 391. The largest absolute Gasteiger partial charge is 0.497 e. The molecule has 0 heterocycles. The lowest BCUT2D eigenvalue weighted by Gasteiger charge is -2.10. The van der Waals surface area contributed by atoms with E-state index >= 15 is 0 Å². The van der Waals surface area contributed by atoms with Gasteiger partial charge in [-0.2, -0.15) is 0 Å². The third kappa shape index (κ3) is 6.99. The van der Waals surface area contributed by atoms with E-state index in [0.29, 0.717) is 13.0 Å². The number of hydrogen-bond donors (Lipinski definition) is 2. The van der Waals surface area contributed by atoms with Crippen LogP contribution < -0.4 is 15.4 Å². The average molecular weight is 279 g/mol. The first kappa shape index (κ1) is 16.3. The van der Waals surface area contributed by atoms with E-state index in [0.717, 1.165) is 30.9 Å². The molecule has 0 aliphatic rings. The van der Waals surface area contributed by atoms with Gasteiger partial charge in [0.05, 0.1) is 7.11 Å². The lowest BCUT2D eigenvalue weighted by molar-refractivity contribution is -0.120. The Kier molecular flexibility index (Phi) is 7.50. The van der Waals surface area contributed by atoms with E-state index in [-0.39, 0.29) is 5.91 Å². The van der Waals surface area contributed by atoms with Gasteiger partial charge >= 0.3 is 0 Å². The van der Waals surface area contributed by atoms with Crippen LogP contribution in [0.3, 0.4) is 0 Å². The Labute approximate surface area is 121 Å². The SMILES string of the molecule is COc1ccc(NCCC(=O)NCCCN(C)C)cc1. The molecule has 1 aromatic rings. The fourth-order valence-electron chi connectivity index (χ4n) is 1.74.